The van der Waals surface area contributed by atoms with Crippen molar-refractivity contribution < 1.29 is 4.74 Å². The molecule has 0 unspecified atom stereocenters. The zero-order valence-electron chi connectivity index (χ0n) is 18.9. The number of rotatable bonds is 9. The quantitative estimate of drug-likeness (QED) is 0.159. The van der Waals surface area contributed by atoms with Crippen molar-refractivity contribution in [1.29, 1.82) is 0 Å². The molecule has 4 rings (SSSR count). The van der Waals surface area contributed by atoms with Gasteiger partial charge in [-0.2, -0.15) is 0 Å². The molecular formula is C29H32INO. The molecule has 0 bridgehead atoms. The Labute approximate surface area is 206 Å². The van der Waals surface area contributed by atoms with Crippen molar-refractivity contribution in [2.24, 2.45) is 0 Å². The highest BCUT2D eigenvalue weighted by atomic mass is 127. The summed E-state index contributed by atoms with van der Waals surface area (Å²) in [5.74, 6) is 0.954. The van der Waals surface area contributed by atoms with Crippen molar-refractivity contribution in [3.05, 3.63) is 99.1 Å². The number of benzene rings is 3. The van der Waals surface area contributed by atoms with E-state index in [0.29, 0.717) is 0 Å². The van der Waals surface area contributed by atoms with Crippen LogP contribution in [0, 0.1) is 3.57 Å². The van der Waals surface area contributed by atoms with Gasteiger partial charge in [0, 0.05) is 10.1 Å². The fourth-order valence-electron chi connectivity index (χ4n) is 4.50. The average Bonchev–Trinajstić information content (AvgIpc) is 3.36. The molecule has 3 aromatic carbocycles. The molecule has 166 valence electrons. The molecule has 0 amide bonds. The third-order valence-electron chi connectivity index (χ3n) is 6.14. The van der Waals surface area contributed by atoms with Crippen molar-refractivity contribution in [2.45, 2.75) is 32.6 Å². The summed E-state index contributed by atoms with van der Waals surface area (Å²) in [6.07, 6.45) is 4.76. The van der Waals surface area contributed by atoms with Gasteiger partial charge < -0.3 is 9.64 Å². The summed E-state index contributed by atoms with van der Waals surface area (Å²) in [4.78, 5) is 2.54. The van der Waals surface area contributed by atoms with E-state index in [2.05, 4.69) is 113 Å². The van der Waals surface area contributed by atoms with Gasteiger partial charge in [0.1, 0.15) is 5.75 Å². The third kappa shape index (κ3) is 6.02. The second kappa shape index (κ2) is 11.7. The van der Waals surface area contributed by atoms with Crippen LogP contribution < -0.4 is 4.74 Å². The number of halogens is 1. The van der Waals surface area contributed by atoms with E-state index in [9.17, 15) is 0 Å². The summed E-state index contributed by atoms with van der Waals surface area (Å²) >= 11 is 2.37. The Morgan fingerprint density at radius 3 is 2.06 bits per heavy atom. The van der Waals surface area contributed by atoms with Crippen molar-refractivity contribution in [2.75, 3.05) is 26.2 Å². The standard InChI is InChI=1S/C29H32INO/c1-2-28(23-9-4-3-5-10-23)29(24-11-15-26(30)16-12-24)25-13-17-27(18-14-25)32-22-8-21-31-19-6-7-20-31/h3-5,9-18H,2,6-8,19-22H2,1H3. The third-order valence-corrected chi connectivity index (χ3v) is 6.86. The molecule has 2 nitrogen and oxygen atoms in total. The lowest BCUT2D eigenvalue weighted by atomic mass is 9.88. The molecule has 32 heavy (non-hydrogen) atoms. The Bertz CT molecular complexity index is 1000. The minimum atomic E-state index is 0.778. The van der Waals surface area contributed by atoms with E-state index in [4.69, 9.17) is 4.74 Å². The van der Waals surface area contributed by atoms with Gasteiger partial charge in [-0.3, -0.25) is 0 Å². The molecule has 3 heteroatoms. The zero-order valence-corrected chi connectivity index (χ0v) is 21.1. The highest BCUT2D eigenvalue weighted by molar-refractivity contribution is 14.1. The van der Waals surface area contributed by atoms with Gasteiger partial charge in [0.2, 0.25) is 0 Å². The number of ether oxygens (including phenoxy) is 1. The molecule has 0 aromatic heterocycles. The Balaban J connectivity index is 1.56. The predicted octanol–water partition coefficient (Wildman–Crippen LogP) is 7.53. The molecule has 0 N–H and O–H groups in total. The number of hydrogen-bond donors (Lipinski definition) is 0. The van der Waals surface area contributed by atoms with Gasteiger partial charge in [0.25, 0.3) is 0 Å². The van der Waals surface area contributed by atoms with Crippen LogP contribution in [0.2, 0.25) is 0 Å². The normalized spacial score (nSPS) is 14.9. The van der Waals surface area contributed by atoms with Crippen LogP contribution in [0.3, 0.4) is 0 Å². The molecule has 1 aliphatic rings. The first-order valence-electron chi connectivity index (χ1n) is 11.7. The molecule has 1 heterocycles. The highest BCUT2D eigenvalue weighted by Gasteiger charge is 2.14. The summed E-state index contributed by atoms with van der Waals surface area (Å²) in [6, 6.07) is 28.2. The van der Waals surface area contributed by atoms with E-state index in [1.165, 1.54) is 57.3 Å². The van der Waals surface area contributed by atoms with Gasteiger partial charge in [0.15, 0.2) is 0 Å². The van der Waals surface area contributed by atoms with E-state index < -0.39 is 0 Å². The summed E-state index contributed by atoms with van der Waals surface area (Å²) < 4.78 is 7.30. The molecule has 0 saturated carbocycles. The first-order chi connectivity index (χ1) is 15.7. The van der Waals surface area contributed by atoms with Gasteiger partial charge in [-0.25, -0.2) is 0 Å². The number of allylic oxidation sites excluding steroid dienone is 1. The maximum absolute atomic E-state index is 6.05. The molecule has 1 aliphatic heterocycles. The van der Waals surface area contributed by atoms with Crippen LogP contribution in [0.1, 0.15) is 49.3 Å². The fraction of sp³-hybridized carbons (Fsp3) is 0.310. The molecule has 1 fully saturated rings. The van der Waals surface area contributed by atoms with E-state index in [1.54, 1.807) is 0 Å². The highest BCUT2D eigenvalue weighted by Crippen LogP contribution is 2.35. The average molecular weight is 537 g/mol. The Hall–Kier alpha value is -2.11. The van der Waals surface area contributed by atoms with Crippen molar-refractivity contribution in [3.63, 3.8) is 0 Å². The summed E-state index contributed by atoms with van der Waals surface area (Å²) in [5.41, 5.74) is 6.44. The zero-order chi connectivity index (χ0) is 22.2. The van der Waals surface area contributed by atoms with Crippen LogP contribution >= 0.6 is 22.6 Å². The minimum Gasteiger partial charge on any atom is -0.494 e. The van der Waals surface area contributed by atoms with Crippen molar-refractivity contribution in [3.8, 4) is 5.75 Å². The SMILES string of the molecule is CCC(=C(c1ccc(I)cc1)c1ccc(OCCCN2CCCC2)cc1)c1ccccc1. The van der Waals surface area contributed by atoms with Crippen LogP contribution in [-0.2, 0) is 0 Å². The predicted molar refractivity (Wildman–Crippen MR) is 144 cm³/mol. The van der Waals surface area contributed by atoms with Crippen molar-refractivity contribution >= 4 is 33.7 Å². The van der Waals surface area contributed by atoms with Gasteiger partial charge in [0.05, 0.1) is 6.61 Å². The van der Waals surface area contributed by atoms with Gasteiger partial charge in [-0.1, -0.05) is 61.5 Å². The molecule has 0 radical (unpaired) electrons. The van der Waals surface area contributed by atoms with E-state index in [-0.39, 0.29) is 0 Å². The Morgan fingerprint density at radius 2 is 1.44 bits per heavy atom. The van der Waals surface area contributed by atoms with Crippen LogP contribution in [-0.4, -0.2) is 31.1 Å². The molecule has 3 aromatic rings. The lowest BCUT2D eigenvalue weighted by Crippen LogP contribution is -2.21. The van der Waals surface area contributed by atoms with Gasteiger partial charge >= 0.3 is 0 Å². The second-order valence-corrected chi connectivity index (χ2v) is 9.60. The Kier molecular flexibility index (Phi) is 8.41. The van der Waals surface area contributed by atoms with Crippen LogP contribution in [0.25, 0.3) is 11.1 Å². The lowest BCUT2D eigenvalue weighted by molar-refractivity contribution is 0.263. The molecule has 0 atom stereocenters. The lowest BCUT2D eigenvalue weighted by Gasteiger charge is -2.17. The van der Waals surface area contributed by atoms with E-state index in [1.807, 2.05) is 0 Å². The second-order valence-electron chi connectivity index (χ2n) is 8.36. The summed E-state index contributed by atoms with van der Waals surface area (Å²) in [7, 11) is 0. The molecule has 0 spiro atoms. The van der Waals surface area contributed by atoms with E-state index >= 15 is 0 Å². The minimum absolute atomic E-state index is 0.778. The molecule has 0 aliphatic carbocycles. The van der Waals surface area contributed by atoms with Crippen LogP contribution in [0.15, 0.2) is 78.9 Å². The maximum Gasteiger partial charge on any atom is 0.119 e. The van der Waals surface area contributed by atoms with Gasteiger partial charge in [-0.15, -0.1) is 0 Å². The van der Waals surface area contributed by atoms with Gasteiger partial charge in [-0.05, 0) is 113 Å². The largest absolute Gasteiger partial charge is 0.494 e. The smallest absolute Gasteiger partial charge is 0.119 e. The number of hydrogen-bond acceptors (Lipinski definition) is 2. The maximum atomic E-state index is 6.05. The first kappa shape index (κ1) is 23.1. The fourth-order valence-corrected chi connectivity index (χ4v) is 4.86. The topological polar surface area (TPSA) is 12.5 Å². The molecule has 1 saturated heterocycles. The van der Waals surface area contributed by atoms with Crippen LogP contribution in [0.5, 0.6) is 5.75 Å². The summed E-state index contributed by atoms with van der Waals surface area (Å²) in [5, 5.41) is 0. The number of likely N-dealkylation sites (tertiary alicyclic amines) is 1. The monoisotopic (exact) mass is 537 g/mol. The number of nitrogens with zero attached hydrogens (tertiary/aromatic N) is 1. The summed E-state index contributed by atoms with van der Waals surface area (Å²) in [6.45, 7) is 6.68. The van der Waals surface area contributed by atoms with Crippen molar-refractivity contribution in [1.82, 2.24) is 4.90 Å². The van der Waals surface area contributed by atoms with Crippen LogP contribution in [0.4, 0.5) is 0 Å². The molecular weight excluding hydrogens is 505 g/mol. The first-order valence-corrected chi connectivity index (χ1v) is 12.8. The van der Waals surface area contributed by atoms with E-state index in [0.717, 1.165) is 31.7 Å². The Morgan fingerprint density at radius 1 is 0.812 bits per heavy atom.